The first-order valence-electron chi connectivity index (χ1n) is 3.12. The van der Waals surface area contributed by atoms with Crippen LogP contribution >= 0.6 is 23.2 Å². The number of halogens is 2. The van der Waals surface area contributed by atoms with Crippen molar-refractivity contribution in [2.45, 2.75) is 0 Å². The van der Waals surface area contributed by atoms with Crippen molar-refractivity contribution in [3.8, 4) is 0 Å². The summed E-state index contributed by atoms with van der Waals surface area (Å²) in [5, 5.41) is 9.01. The maximum Gasteiger partial charge on any atom is 0.113 e. The van der Waals surface area contributed by atoms with Crippen LogP contribution in [0.3, 0.4) is 0 Å². The van der Waals surface area contributed by atoms with Crippen LogP contribution in [0.15, 0.2) is 23.2 Å². The first-order chi connectivity index (χ1) is 5.75. The summed E-state index contributed by atoms with van der Waals surface area (Å²) >= 11 is 11.5. The molecule has 0 saturated carbocycles. The SMILES string of the molecule is ONC=Nc1cccc(Cl)c1Cl. The van der Waals surface area contributed by atoms with Gasteiger partial charge in [-0.05, 0) is 12.1 Å². The van der Waals surface area contributed by atoms with E-state index in [1.54, 1.807) is 23.7 Å². The Morgan fingerprint density at radius 1 is 1.42 bits per heavy atom. The zero-order valence-electron chi connectivity index (χ0n) is 5.96. The molecule has 1 aromatic carbocycles. The second-order valence-electron chi connectivity index (χ2n) is 1.96. The Bertz CT molecular complexity index is 301. The van der Waals surface area contributed by atoms with Crippen LogP contribution in [0.2, 0.25) is 10.0 Å². The molecular weight excluding hydrogens is 199 g/mol. The van der Waals surface area contributed by atoms with Crippen LogP contribution in [0.4, 0.5) is 5.69 Å². The molecule has 0 aliphatic rings. The molecule has 0 atom stereocenters. The molecule has 0 bridgehead atoms. The van der Waals surface area contributed by atoms with Crippen molar-refractivity contribution in [2.24, 2.45) is 4.99 Å². The number of hydrogen-bond acceptors (Lipinski definition) is 2. The van der Waals surface area contributed by atoms with Gasteiger partial charge in [-0.25, -0.2) is 4.99 Å². The number of aliphatic imine (C=N–C) groups is 1. The standard InChI is InChI=1S/C7H6Cl2N2O/c8-5-2-1-3-6(7(5)9)10-4-11-12/h1-4,12H,(H,10,11). The first-order valence-corrected chi connectivity index (χ1v) is 3.87. The van der Waals surface area contributed by atoms with E-state index in [2.05, 4.69) is 4.99 Å². The van der Waals surface area contributed by atoms with Crippen molar-refractivity contribution in [3.05, 3.63) is 28.2 Å². The van der Waals surface area contributed by atoms with Crippen molar-refractivity contribution in [1.29, 1.82) is 0 Å². The summed E-state index contributed by atoms with van der Waals surface area (Å²) < 4.78 is 0. The lowest BCUT2D eigenvalue weighted by Crippen LogP contribution is -2.00. The Kier molecular flexibility index (Phi) is 3.34. The third-order valence-corrected chi connectivity index (χ3v) is 2.00. The molecular formula is C7H6Cl2N2O. The van der Waals surface area contributed by atoms with Gasteiger partial charge in [-0.1, -0.05) is 29.3 Å². The fourth-order valence-corrected chi connectivity index (χ4v) is 1.03. The molecule has 0 aliphatic carbocycles. The number of benzene rings is 1. The Balaban J connectivity index is 3.00. The lowest BCUT2D eigenvalue weighted by molar-refractivity contribution is 0.240. The van der Waals surface area contributed by atoms with Gasteiger partial charge in [-0.2, -0.15) is 0 Å². The van der Waals surface area contributed by atoms with Gasteiger partial charge in [0, 0.05) is 0 Å². The molecule has 3 nitrogen and oxygen atoms in total. The van der Waals surface area contributed by atoms with Crippen molar-refractivity contribution >= 4 is 35.2 Å². The molecule has 5 heteroatoms. The monoisotopic (exact) mass is 204 g/mol. The largest absolute Gasteiger partial charge is 0.290 e. The topological polar surface area (TPSA) is 44.6 Å². The van der Waals surface area contributed by atoms with Crippen molar-refractivity contribution in [3.63, 3.8) is 0 Å². The summed E-state index contributed by atoms with van der Waals surface area (Å²) in [5.74, 6) is 0. The van der Waals surface area contributed by atoms with Gasteiger partial charge in [0.15, 0.2) is 0 Å². The minimum absolute atomic E-state index is 0.366. The second kappa shape index (κ2) is 4.30. The van der Waals surface area contributed by atoms with E-state index in [1.807, 2.05) is 0 Å². The maximum atomic E-state index is 8.21. The molecule has 64 valence electrons. The van der Waals surface area contributed by atoms with Crippen LogP contribution in [-0.4, -0.2) is 11.5 Å². The highest BCUT2D eigenvalue weighted by atomic mass is 35.5. The first kappa shape index (κ1) is 9.32. The van der Waals surface area contributed by atoms with Crippen LogP contribution in [0.1, 0.15) is 0 Å². The van der Waals surface area contributed by atoms with Crippen molar-refractivity contribution in [2.75, 3.05) is 0 Å². The molecule has 0 saturated heterocycles. The number of nitrogens with one attached hydrogen (secondary N) is 1. The minimum atomic E-state index is 0.366. The van der Waals surface area contributed by atoms with Crippen LogP contribution < -0.4 is 5.48 Å². The Morgan fingerprint density at radius 3 is 2.83 bits per heavy atom. The molecule has 0 aromatic heterocycles. The average Bonchev–Trinajstić information content (AvgIpc) is 2.08. The molecule has 0 amide bonds. The van der Waals surface area contributed by atoms with Crippen LogP contribution in [0.5, 0.6) is 0 Å². The molecule has 0 aliphatic heterocycles. The molecule has 0 unspecified atom stereocenters. The summed E-state index contributed by atoms with van der Waals surface area (Å²) in [7, 11) is 0. The van der Waals surface area contributed by atoms with Crippen LogP contribution in [-0.2, 0) is 0 Å². The zero-order valence-corrected chi connectivity index (χ0v) is 7.47. The number of rotatable bonds is 2. The van der Waals surface area contributed by atoms with E-state index < -0.39 is 0 Å². The molecule has 12 heavy (non-hydrogen) atoms. The summed E-state index contributed by atoms with van der Waals surface area (Å²) in [6, 6.07) is 5.07. The average molecular weight is 205 g/mol. The Morgan fingerprint density at radius 2 is 2.17 bits per heavy atom. The fourth-order valence-electron chi connectivity index (χ4n) is 0.691. The van der Waals surface area contributed by atoms with Gasteiger partial charge in [0.2, 0.25) is 0 Å². The van der Waals surface area contributed by atoms with Gasteiger partial charge < -0.3 is 0 Å². The predicted molar refractivity (Wildman–Crippen MR) is 49.5 cm³/mol. The summed E-state index contributed by atoms with van der Waals surface area (Å²) in [6.45, 7) is 0. The van der Waals surface area contributed by atoms with Crippen LogP contribution in [0.25, 0.3) is 0 Å². The molecule has 0 radical (unpaired) electrons. The lowest BCUT2D eigenvalue weighted by Gasteiger charge is -1.98. The van der Waals surface area contributed by atoms with Crippen LogP contribution in [0, 0.1) is 0 Å². The number of hydrogen-bond donors (Lipinski definition) is 2. The van der Waals surface area contributed by atoms with Crippen molar-refractivity contribution < 1.29 is 5.21 Å². The smallest absolute Gasteiger partial charge is 0.113 e. The highest BCUT2D eigenvalue weighted by Gasteiger charge is 2.00. The number of hydroxylamine groups is 1. The quantitative estimate of drug-likeness (QED) is 0.442. The number of nitrogens with zero attached hydrogens (tertiary/aromatic N) is 1. The van der Waals surface area contributed by atoms with Gasteiger partial charge in [-0.15, -0.1) is 0 Å². The van der Waals surface area contributed by atoms with E-state index in [-0.39, 0.29) is 0 Å². The third-order valence-electron chi connectivity index (χ3n) is 1.19. The fraction of sp³-hybridized carbons (Fsp3) is 0. The van der Waals surface area contributed by atoms with E-state index in [1.165, 1.54) is 0 Å². The molecule has 0 spiro atoms. The summed E-state index contributed by atoms with van der Waals surface area (Å²) in [6.07, 6.45) is 1.11. The lowest BCUT2D eigenvalue weighted by atomic mass is 10.3. The van der Waals surface area contributed by atoms with Gasteiger partial charge in [0.25, 0.3) is 0 Å². The van der Waals surface area contributed by atoms with Gasteiger partial charge >= 0.3 is 0 Å². The van der Waals surface area contributed by atoms with Gasteiger partial charge in [-0.3, -0.25) is 10.7 Å². The second-order valence-corrected chi connectivity index (χ2v) is 2.75. The van der Waals surface area contributed by atoms with Crippen molar-refractivity contribution in [1.82, 2.24) is 5.48 Å². The molecule has 1 aromatic rings. The van der Waals surface area contributed by atoms with Gasteiger partial charge in [0.05, 0.1) is 15.7 Å². The zero-order chi connectivity index (χ0) is 8.97. The highest BCUT2D eigenvalue weighted by Crippen LogP contribution is 2.31. The van der Waals surface area contributed by atoms with E-state index in [0.29, 0.717) is 15.7 Å². The molecule has 2 N–H and O–H groups in total. The summed E-state index contributed by atoms with van der Waals surface area (Å²) in [5.41, 5.74) is 2.27. The Labute approximate surface area is 79.6 Å². The molecule has 0 heterocycles. The third kappa shape index (κ3) is 2.11. The maximum absolute atomic E-state index is 8.21. The van der Waals surface area contributed by atoms with E-state index in [9.17, 15) is 0 Å². The van der Waals surface area contributed by atoms with E-state index in [0.717, 1.165) is 6.34 Å². The van der Waals surface area contributed by atoms with E-state index in [4.69, 9.17) is 28.4 Å². The molecule has 1 rings (SSSR count). The highest BCUT2D eigenvalue weighted by molar-refractivity contribution is 6.43. The van der Waals surface area contributed by atoms with Gasteiger partial charge in [0.1, 0.15) is 6.34 Å². The van der Waals surface area contributed by atoms with E-state index >= 15 is 0 Å². The minimum Gasteiger partial charge on any atom is -0.290 e. The normalized spacial score (nSPS) is 10.6. The summed E-state index contributed by atoms with van der Waals surface area (Å²) in [4.78, 5) is 3.78. The molecule has 0 fully saturated rings. The Hall–Kier alpha value is -0.770. The predicted octanol–water partition coefficient (Wildman–Crippen LogP) is 2.63.